The SMILES string of the molecule is COC(=O)c1cc(CC(C(=O)O)C(C)NO)cc(C(C)(C)C)c1. The van der Waals surface area contributed by atoms with Gasteiger partial charge in [0.25, 0.3) is 0 Å². The van der Waals surface area contributed by atoms with E-state index in [1.54, 1.807) is 19.1 Å². The molecule has 6 heteroatoms. The minimum atomic E-state index is -1.01. The zero-order valence-electron chi connectivity index (χ0n) is 14.2. The molecule has 1 rings (SSSR count). The topological polar surface area (TPSA) is 95.9 Å². The highest BCUT2D eigenvalue weighted by Gasteiger charge is 2.26. The molecule has 0 fully saturated rings. The molecule has 0 spiro atoms. The lowest BCUT2D eigenvalue weighted by atomic mass is 9.83. The molecule has 0 aromatic heterocycles. The summed E-state index contributed by atoms with van der Waals surface area (Å²) in [6.07, 6.45) is 0.192. The van der Waals surface area contributed by atoms with Crippen molar-refractivity contribution < 1.29 is 24.6 Å². The number of benzene rings is 1. The monoisotopic (exact) mass is 323 g/mol. The van der Waals surface area contributed by atoms with Crippen molar-refractivity contribution >= 4 is 11.9 Å². The molecule has 2 atom stereocenters. The van der Waals surface area contributed by atoms with Crippen molar-refractivity contribution in [1.82, 2.24) is 5.48 Å². The molecule has 1 aromatic rings. The van der Waals surface area contributed by atoms with Gasteiger partial charge in [-0.15, -0.1) is 0 Å². The molecular weight excluding hydrogens is 298 g/mol. The van der Waals surface area contributed by atoms with Crippen molar-refractivity contribution in [3.63, 3.8) is 0 Å². The van der Waals surface area contributed by atoms with Crippen molar-refractivity contribution in [2.45, 2.75) is 45.6 Å². The van der Waals surface area contributed by atoms with Crippen LogP contribution in [0.1, 0.15) is 49.2 Å². The molecule has 0 saturated carbocycles. The van der Waals surface area contributed by atoms with E-state index < -0.39 is 23.9 Å². The van der Waals surface area contributed by atoms with Gasteiger partial charge in [-0.25, -0.2) is 10.3 Å². The normalized spacial score (nSPS) is 14.2. The lowest BCUT2D eigenvalue weighted by molar-refractivity contribution is -0.143. The van der Waals surface area contributed by atoms with Gasteiger partial charge in [-0.3, -0.25) is 4.79 Å². The predicted molar refractivity (Wildman–Crippen MR) is 85.7 cm³/mol. The zero-order chi connectivity index (χ0) is 17.8. The van der Waals surface area contributed by atoms with E-state index in [0.29, 0.717) is 11.1 Å². The van der Waals surface area contributed by atoms with Crippen molar-refractivity contribution in [2.75, 3.05) is 7.11 Å². The average Bonchev–Trinajstić information content (AvgIpc) is 2.49. The maximum atomic E-state index is 11.9. The van der Waals surface area contributed by atoms with Gasteiger partial charge in [0.15, 0.2) is 0 Å². The number of hydrogen-bond acceptors (Lipinski definition) is 5. The number of methoxy groups -OCH3 is 1. The fourth-order valence-corrected chi connectivity index (χ4v) is 2.30. The van der Waals surface area contributed by atoms with Gasteiger partial charge in [-0.2, -0.15) is 0 Å². The highest BCUT2D eigenvalue weighted by atomic mass is 16.5. The van der Waals surface area contributed by atoms with Crippen molar-refractivity contribution in [3.8, 4) is 0 Å². The van der Waals surface area contributed by atoms with Crippen LogP contribution in [0.25, 0.3) is 0 Å². The highest BCUT2D eigenvalue weighted by molar-refractivity contribution is 5.89. The minimum Gasteiger partial charge on any atom is -0.481 e. The van der Waals surface area contributed by atoms with Crippen LogP contribution in [0.15, 0.2) is 18.2 Å². The number of esters is 1. The van der Waals surface area contributed by atoms with Crippen LogP contribution in [0, 0.1) is 5.92 Å². The number of nitrogens with one attached hydrogen (secondary N) is 1. The third-order valence-electron chi connectivity index (χ3n) is 3.86. The highest BCUT2D eigenvalue weighted by Crippen LogP contribution is 2.26. The van der Waals surface area contributed by atoms with Gasteiger partial charge < -0.3 is 15.1 Å². The quantitative estimate of drug-likeness (QED) is 0.549. The van der Waals surface area contributed by atoms with Crippen LogP contribution in [0.4, 0.5) is 0 Å². The maximum absolute atomic E-state index is 11.9. The van der Waals surface area contributed by atoms with Crippen LogP contribution in [0.2, 0.25) is 0 Å². The molecule has 0 aliphatic rings. The van der Waals surface area contributed by atoms with Crippen LogP contribution in [-0.4, -0.2) is 35.4 Å². The molecule has 0 heterocycles. The predicted octanol–water partition coefficient (Wildman–Crippen LogP) is 2.38. The lowest BCUT2D eigenvalue weighted by Crippen LogP contribution is -2.37. The Morgan fingerprint density at radius 1 is 1.26 bits per heavy atom. The first-order valence-corrected chi connectivity index (χ1v) is 7.45. The van der Waals surface area contributed by atoms with Crippen LogP contribution >= 0.6 is 0 Å². The Morgan fingerprint density at radius 2 is 1.87 bits per heavy atom. The summed E-state index contributed by atoms with van der Waals surface area (Å²) >= 11 is 0. The Labute approximate surface area is 136 Å². The largest absolute Gasteiger partial charge is 0.481 e. The molecule has 0 aliphatic heterocycles. The Morgan fingerprint density at radius 3 is 2.30 bits per heavy atom. The first-order chi connectivity index (χ1) is 10.6. The molecule has 3 N–H and O–H groups in total. The summed E-state index contributed by atoms with van der Waals surface area (Å²) in [6, 6.07) is 4.68. The second-order valence-corrected chi connectivity index (χ2v) is 6.73. The Balaban J connectivity index is 3.28. The van der Waals surface area contributed by atoms with Crippen LogP contribution in [0.5, 0.6) is 0 Å². The fourth-order valence-electron chi connectivity index (χ4n) is 2.30. The lowest BCUT2D eigenvalue weighted by Gasteiger charge is -2.23. The third-order valence-corrected chi connectivity index (χ3v) is 3.86. The van der Waals surface area contributed by atoms with Gasteiger partial charge in [-0.1, -0.05) is 26.8 Å². The summed E-state index contributed by atoms with van der Waals surface area (Å²) in [5, 5.41) is 18.4. The van der Waals surface area contributed by atoms with Crippen molar-refractivity contribution in [1.29, 1.82) is 0 Å². The first kappa shape index (κ1) is 19.1. The van der Waals surface area contributed by atoms with Gasteiger partial charge in [0.1, 0.15) is 0 Å². The second-order valence-electron chi connectivity index (χ2n) is 6.73. The summed E-state index contributed by atoms with van der Waals surface area (Å²) in [7, 11) is 1.31. The zero-order valence-corrected chi connectivity index (χ0v) is 14.2. The molecule has 0 amide bonds. The number of ether oxygens (including phenoxy) is 1. The maximum Gasteiger partial charge on any atom is 0.337 e. The Bertz CT molecular complexity index is 577. The number of carbonyl (C=O) groups is 2. The standard InChI is InChI=1S/C17H25NO5/c1-10(18-22)14(15(19)20)8-11-6-12(16(21)23-5)9-13(7-11)17(2,3)4/h6-7,9-10,14,18,22H,8H2,1-5H3,(H,19,20). The number of carbonyl (C=O) groups excluding carboxylic acids is 1. The van der Waals surface area contributed by atoms with Crippen LogP contribution in [0.3, 0.4) is 0 Å². The van der Waals surface area contributed by atoms with E-state index in [-0.39, 0.29) is 11.8 Å². The van der Waals surface area contributed by atoms with Crippen LogP contribution in [-0.2, 0) is 21.4 Å². The first-order valence-electron chi connectivity index (χ1n) is 7.45. The number of rotatable bonds is 6. The molecule has 0 saturated heterocycles. The van der Waals surface area contributed by atoms with Gasteiger partial charge in [0.05, 0.1) is 18.6 Å². The molecular formula is C17H25NO5. The molecule has 0 aliphatic carbocycles. The van der Waals surface area contributed by atoms with Gasteiger partial charge in [0.2, 0.25) is 0 Å². The molecule has 2 unspecified atom stereocenters. The van der Waals surface area contributed by atoms with E-state index in [0.717, 1.165) is 5.56 Å². The Hall–Kier alpha value is -1.92. The van der Waals surface area contributed by atoms with E-state index in [1.165, 1.54) is 7.11 Å². The fraction of sp³-hybridized carbons (Fsp3) is 0.529. The van der Waals surface area contributed by atoms with E-state index in [4.69, 9.17) is 9.94 Å². The van der Waals surface area contributed by atoms with Crippen molar-refractivity contribution in [2.24, 2.45) is 5.92 Å². The molecule has 0 bridgehead atoms. The van der Waals surface area contributed by atoms with E-state index in [1.807, 2.05) is 32.3 Å². The summed E-state index contributed by atoms with van der Waals surface area (Å²) in [6.45, 7) is 7.63. The number of hydrogen-bond donors (Lipinski definition) is 3. The average molecular weight is 323 g/mol. The smallest absolute Gasteiger partial charge is 0.337 e. The number of hydroxylamine groups is 1. The van der Waals surface area contributed by atoms with E-state index in [9.17, 15) is 14.7 Å². The summed E-state index contributed by atoms with van der Waals surface area (Å²) in [5.74, 6) is -2.29. The van der Waals surface area contributed by atoms with E-state index >= 15 is 0 Å². The van der Waals surface area contributed by atoms with Gasteiger partial charge in [0, 0.05) is 6.04 Å². The summed E-state index contributed by atoms with van der Waals surface area (Å²) in [4.78, 5) is 23.3. The van der Waals surface area contributed by atoms with E-state index in [2.05, 4.69) is 0 Å². The molecule has 23 heavy (non-hydrogen) atoms. The van der Waals surface area contributed by atoms with Gasteiger partial charge >= 0.3 is 11.9 Å². The Kier molecular flexibility index (Phi) is 6.29. The van der Waals surface area contributed by atoms with Gasteiger partial charge in [-0.05, 0) is 42.0 Å². The molecule has 128 valence electrons. The number of aliphatic carboxylic acids is 1. The van der Waals surface area contributed by atoms with Crippen LogP contribution < -0.4 is 5.48 Å². The third kappa shape index (κ3) is 5.04. The summed E-state index contributed by atoms with van der Waals surface area (Å²) in [5.41, 5.74) is 3.82. The number of carboxylic acid groups (broad SMARTS) is 1. The second kappa shape index (κ2) is 7.57. The minimum absolute atomic E-state index is 0.192. The molecule has 6 nitrogen and oxygen atoms in total. The molecule has 0 radical (unpaired) electrons. The van der Waals surface area contributed by atoms with Crippen molar-refractivity contribution in [3.05, 3.63) is 34.9 Å². The molecule has 1 aromatic carbocycles. The number of carboxylic acids is 1. The summed E-state index contributed by atoms with van der Waals surface area (Å²) < 4.78 is 4.77.